The van der Waals surface area contributed by atoms with Crippen molar-refractivity contribution in [3.8, 4) is 11.1 Å². The van der Waals surface area contributed by atoms with Gasteiger partial charge >= 0.3 is 6.09 Å². The van der Waals surface area contributed by atoms with Crippen molar-refractivity contribution in [1.29, 1.82) is 0 Å². The Balaban J connectivity index is 1.12. The number of rotatable bonds is 20. The average Bonchev–Trinajstić information content (AvgIpc) is 3.25. The van der Waals surface area contributed by atoms with Gasteiger partial charge in [-0.25, -0.2) is 4.79 Å². The molecule has 8 nitrogen and oxygen atoms in total. The molecule has 0 saturated carbocycles. The summed E-state index contributed by atoms with van der Waals surface area (Å²) < 4.78 is 32.6. The Morgan fingerprint density at radius 1 is 0.730 bits per heavy atom. The van der Waals surface area contributed by atoms with Crippen LogP contribution in [0.5, 0.6) is 0 Å². The van der Waals surface area contributed by atoms with Gasteiger partial charge in [-0.3, -0.25) is 0 Å². The largest absolute Gasteiger partial charge is 0.449 e. The summed E-state index contributed by atoms with van der Waals surface area (Å²) in [6.45, 7) is 9.65. The lowest BCUT2D eigenvalue weighted by Gasteiger charge is -2.14. The number of hydrogen-bond donors (Lipinski definition) is 1. The van der Waals surface area contributed by atoms with E-state index in [1.807, 2.05) is 24.3 Å². The zero-order valence-corrected chi connectivity index (χ0v) is 21.5. The highest BCUT2D eigenvalue weighted by Crippen LogP contribution is 2.44. The van der Waals surface area contributed by atoms with Crippen LogP contribution < -0.4 is 5.32 Å². The highest BCUT2D eigenvalue weighted by Gasteiger charge is 2.28. The second kappa shape index (κ2) is 17.7. The van der Waals surface area contributed by atoms with Gasteiger partial charge in [-0.15, -0.1) is 6.58 Å². The first-order valence-corrected chi connectivity index (χ1v) is 12.9. The van der Waals surface area contributed by atoms with Crippen LogP contribution >= 0.6 is 0 Å². The van der Waals surface area contributed by atoms with Gasteiger partial charge in [0.1, 0.15) is 6.61 Å². The van der Waals surface area contributed by atoms with Crippen LogP contribution in [0.25, 0.3) is 11.1 Å². The molecule has 3 rings (SSSR count). The minimum absolute atomic E-state index is 0.0627. The van der Waals surface area contributed by atoms with Gasteiger partial charge in [0.25, 0.3) is 0 Å². The molecule has 1 aliphatic rings. The van der Waals surface area contributed by atoms with E-state index >= 15 is 0 Å². The van der Waals surface area contributed by atoms with Crippen molar-refractivity contribution >= 4 is 6.09 Å². The molecule has 0 fully saturated rings. The molecular weight excluding hydrogens is 474 g/mol. The van der Waals surface area contributed by atoms with Crippen LogP contribution in [0.15, 0.2) is 61.2 Å². The minimum Gasteiger partial charge on any atom is -0.449 e. The molecule has 0 atom stereocenters. The van der Waals surface area contributed by atoms with Crippen LogP contribution in [0.1, 0.15) is 23.5 Å². The monoisotopic (exact) mass is 513 g/mol. The first-order chi connectivity index (χ1) is 18.3. The summed E-state index contributed by atoms with van der Waals surface area (Å²) in [5.41, 5.74) is 4.84. The fourth-order valence-electron chi connectivity index (χ4n) is 4.06. The number of carbonyl (C=O) groups is 1. The predicted molar refractivity (Wildman–Crippen MR) is 142 cm³/mol. The molecule has 0 unspecified atom stereocenters. The van der Waals surface area contributed by atoms with Crippen molar-refractivity contribution in [2.75, 3.05) is 79.2 Å². The van der Waals surface area contributed by atoms with E-state index in [9.17, 15) is 4.79 Å². The second-order valence-corrected chi connectivity index (χ2v) is 8.42. The Morgan fingerprint density at radius 3 is 1.76 bits per heavy atom. The van der Waals surface area contributed by atoms with Gasteiger partial charge in [-0.1, -0.05) is 54.6 Å². The van der Waals surface area contributed by atoms with Crippen molar-refractivity contribution in [3.05, 3.63) is 72.3 Å². The predicted octanol–water partition coefficient (Wildman–Crippen LogP) is 4.18. The lowest BCUT2D eigenvalue weighted by molar-refractivity contribution is -0.00946. The molecule has 2 aromatic carbocycles. The number of hydrogen-bond acceptors (Lipinski definition) is 7. The van der Waals surface area contributed by atoms with Gasteiger partial charge in [0, 0.05) is 19.1 Å². The SMILES string of the molecule is C=CCOCCOCCOCCOCCOCCCNC(=O)OCC1c2ccccc2-c2ccccc21. The minimum atomic E-state index is -0.406. The fraction of sp³-hybridized carbons (Fsp3) is 0.483. The molecular formula is C29H39NO7. The Hall–Kier alpha value is -2.75. The summed E-state index contributed by atoms with van der Waals surface area (Å²) in [6, 6.07) is 16.6. The first-order valence-electron chi connectivity index (χ1n) is 12.9. The van der Waals surface area contributed by atoms with Crippen LogP contribution in [-0.2, 0) is 28.4 Å². The van der Waals surface area contributed by atoms with Gasteiger partial charge in [0.2, 0.25) is 0 Å². The normalized spacial score (nSPS) is 12.2. The molecule has 0 radical (unpaired) electrons. The number of nitrogens with one attached hydrogen (secondary N) is 1. The van der Waals surface area contributed by atoms with Crippen molar-refractivity contribution in [1.82, 2.24) is 5.32 Å². The standard InChI is InChI=1S/C29H39NO7/c1-2-13-32-15-17-34-19-21-36-22-20-35-18-16-33-14-7-12-30-29(31)37-23-28-26-10-5-3-8-24(26)25-9-4-6-11-27(25)28/h2-6,8-11,28H,1,7,12-23H2,(H,30,31). The Kier molecular flexibility index (Phi) is 13.8. The zero-order chi connectivity index (χ0) is 26.0. The maximum absolute atomic E-state index is 12.2. The van der Waals surface area contributed by atoms with Crippen LogP contribution in [0.3, 0.4) is 0 Å². The van der Waals surface area contributed by atoms with Crippen LogP contribution in [0.2, 0.25) is 0 Å². The van der Waals surface area contributed by atoms with Crippen molar-refractivity contribution in [2.45, 2.75) is 12.3 Å². The smallest absolute Gasteiger partial charge is 0.407 e. The topological polar surface area (TPSA) is 84.5 Å². The summed E-state index contributed by atoms with van der Waals surface area (Å²) in [5, 5.41) is 2.80. The van der Waals surface area contributed by atoms with E-state index in [4.69, 9.17) is 28.4 Å². The molecule has 37 heavy (non-hydrogen) atoms. The first kappa shape index (κ1) is 28.8. The van der Waals surface area contributed by atoms with E-state index in [0.717, 1.165) is 0 Å². The molecule has 0 aliphatic heterocycles. The maximum Gasteiger partial charge on any atom is 0.407 e. The quantitative estimate of drug-likeness (QED) is 0.210. The average molecular weight is 514 g/mol. The van der Waals surface area contributed by atoms with Crippen LogP contribution in [0, 0.1) is 0 Å². The molecule has 8 heteroatoms. The van der Waals surface area contributed by atoms with Crippen LogP contribution in [-0.4, -0.2) is 85.3 Å². The summed E-state index contributed by atoms with van der Waals surface area (Å²) in [4.78, 5) is 12.2. The Morgan fingerprint density at radius 2 is 1.22 bits per heavy atom. The highest BCUT2D eigenvalue weighted by molar-refractivity contribution is 5.79. The lowest BCUT2D eigenvalue weighted by Crippen LogP contribution is -2.27. The fourth-order valence-corrected chi connectivity index (χ4v) is 4.06. The van der Waals surface area contributed by atoms with E-state index in [0.29, 0.717) is 85.6 Å². The van der Waals surface area contributed by atoms with E-state index < -0.39 is 6.09 Å². The summed E-state index contributed by atoms with van der Waals surface area (Å²) in [6.07, 6.45) is 2.00. The van der Waals surface area contributed by atoms with Gasteiger partial charge < -0.3 is 33.7 Å². The molecule has 1 amide bonds. The molecule has 0 bridgehead atoms. The van der Waals surface area contributed by atoms with Crippen molar-refractivity contribution in [2.24, 2.45) is 0 Å². The third-order valence-electron chi connectivity index (χ3n) is 5.80. The molecule has 0 saturated heterocycles. The highest BCUT2D eigenvalue weighted by atomic mass is 16.6. The van der Waals surface area contributed by atoms with Crippen molar-refractivity contribution < 1.29 is 33.2 Å². The van der Waals surface area contributed by atoms with E-state index in [2.05, 4.69) is 36.2 Å². The summed E-state index contributed by atoms with van der Waals surface area (Å²) >= 11 is 0. The van der Waals surface area contributed by atoms with E-state index in [-0.39, 0.29) is 5.92 Å². The third kappa shape index (κ3) is 10.3. The second-order valence-electron chi connectivity index (χ2n) is 8.42. The lowest BCUT2D eigenvalue weighted by atomic mass is 9.98. The van der Waals surface area contributed by atoms with Gasteiger partial charge in [0.15, 0.2) is 0 Å². The number of fused-ring (bicyclic) bond motifs is 3. The number of benzene rings is 2. The molecule has 1 aliphatic carbocycles. The van der Waals surface area contributed by atoms with E-state index in [1.165, 1.54) is 22.3 Å². The maximum atomic E-state index is 12.2. The number of ether oxygens (including phenoxy) is 6. The summed E-state index contributed by atoms with van der Waals surface area (Å²) in [5.74, 6) is 0.0627. The molecule has 0 heterocycles. The number of alkyl carbamates (subject to hydrolysis) is 1. The van der Waals surface area contributed by atoms with E-state index in [1.54, 1.807) is 6.08 Å². The number of carbonyl (C=O) groups excluding carboxylic acids is 1. The molecule has 1 N–H and O–H groups in total. The van der Waals surface area contributed by atoms with Gasteiger partial charge in [0.05, 0.1) is 59.5 Å². The molecule has 0 spiro atoms. The van der Waals surface area contributed by atoms with Crippen LogP contribution in [0.4, 0.5) is 4.79 Å². The zero-order valence-electron chi connectivity index (χ0n) is 21.5. The Labute approximate surface area is 219 Å². The van der Waals surface area contributed by atoms with Crippen molar-refractivity contribution in [3.63, 3.8) is 0 Å². The summed E-state index contributed by atoms with van der Waals surface area (Å²) in [7, 11) is 0. The molecule has 2 aromatic rings. The molecule has 202 valence electrons. The molecule has 0 aromatic heterocycles. The third-order valence-corrected chi connectivity index (χ3v) is 5.80. The Bertz CT molecular complexity index is 890. The number of amides is 1. The van der Waals surface area contributed by atoms with Gasteiger partial charge in [-0.2, -0.15) is 0 Å². The van der Waals surface area contributed by atoms with Gasteiger partial charge in [-0.05, 0) is 28.7 Å².